The Hall–Kier alpha value is -3.56. The number of aromatic amines is 1. The van der Waals surface area contributed by atoms with Crippen LogP contribution in [0.5, 0.6) is 5.75 Å². The molecule has 1 aliphatic heterocycles. The van der Waals surface area contributed by atoms with Crippen molar-refractivity contribution < 1.29 is 14.3 Å². The Kier molecular flexibility index (Phi) is 7.11. The third kappa shape index (κ3) is 5.63. The van der Waals surface area contributed by atoms with Gasteiger partial charge in [-0.3, -0.25) is 14.6 Å². The van der Waals surface area contributed by atoms with E-state index in [0.717, 1.165) is 51.3 Å². The Morgan fingerprint density at radius 1 is 1.17 bits per heavy atom. The van der Waals surface area contributed by atoms with Crippen LogP contribution in [-0.4, -0.2) is 39.8 Å². The first-order valence-corrected chi connectivity index (χ1v) is 12.8. The maximum absolute atomic E-state index is 13.1. The lowest BCUT2D eigenvalue weighted by molar-refractivity contribution is 0.0329. The number of hydrogen-bond acceptors (Lipinski definition) is 7. The standard InChI is InChI=1S/C27H28N4O4S/c1-18-16-20(22-4-2-3-5-23(22)28-18)17-35-21-8-6-19(7-9-21)25(32)29-27(12-14-34-15-13-27)11-10-24-30-31-26(33)36-24/h2-9,16H,10-15,17H2,1H3,(H,29,32)(H,31,33). The highest BCUT2D eigenvalue weighted by Gasteiger charge is 2.34. The van der Waals surface area contributed by atoms with E-state index < -0.39 is 0 Å². The van der Waals surface area contributed by atoms with Crippen LogP contribution in [0.2, 0.25) is 0 Å². The van der Waals surface area contributed by atoms with E-state index in [-0.39, 0.29) is 16.3 Å². The number of hydrogen-bond donors (Lipinski definition) is 2. The maximum atomic E-state index is 13.1. The van der Waals surface area contributed by atoms with Crippen LogP contribution in [0.3, 0.4) is 0 Å². The van der Waals surface area contributed by atoms with E-state index in [0.29, 0.717) is 44.0 Å². The Labute approximate surface area is 212 Å². The van der Waals surface area contributed by atoms with E-state index in [1.165, 1.54) is 0 Å². The van der Waals surface area contributed by atoms with Crippen molar-refractivity contribution in [3.8, 4) is 5.75 Å². The van der Waals surface area contributed by atoms with Crippen LogP contribution in [0, 0.1) is 6.92 Å². The number of ether oxygens (including phenoxy) is 2. The number of rotatable bonds is 8. The van der Waals surface area contributed by atoms with Gasteiger partial charge in [0.25, 0.3) is 5.91 Å². The zero-order valence-corrected chi connectivity index (χ0v) is 20.9. The summed E-state index contributed by atoms with van der Waals surface area (Å²) < 4.78 is 11.6. The molecule has 0 bridgehead atoms. The summed E-state index contributed by atoms with van der Waals surface area (Å²) in [5.41, 5.74) is 3.15. The summed E-state index contributed by atoms with van der Waals surface area (Å²) in [4.78, 5) is 29.0. The largest absolute Gasteiger partial charge is 0.489 e. The number of aromatic nitrogens is 3. The Balaban J connectivity index is 1.24. The second-order valence-corrected chi connectivity index (χ2v) is 10.2. The summed E-state index contributed by atoms with van der Waals surface area (Å²) in [6, 6.07) is 17.3. The fraction of sp³-hybridized carbons (Fsp3) is 0.333. The first-order valence-electron chi connectivity index (χ1n) is 12.0. The van der Waals surface area contributed by atoms with Crippen molar-refractivity contribution in [3.63, 3.8) is 0 Å². The number of carbonyl (C=O) groups excluding carboxylic acids is 1. The summed E-state index contributed by atoms with van der Waals surface area (Å²) in [5, 5.41) is 11.6. The molecule has 1 aliphatic rings. The first kappa shape index (κ1) is 24.1. The first-order chi connectivity index (χ1) is 17.5. The highest BCUT2D eigenvalue weighted by Crippen LogP contribution is 2.27. The summed E-state index contributed by atoms with van der Waals surface area (Å²) in [6.07, 6.45) is 2.76. The molecule has 186 valence electrons. The Morgan fingerprint density at radius 2 is 1.94 bits per heavy atom. The van der Waals surface area contributed by atoms with Crippen molar-refractivity contribution in [1.29, 1.82) is 0 Å². The van der Waals surface area contributed by atoms with Crippen molar-refractivity contribution in [2.75, 3.05) is 13.2 Å². The molecule has 36 heavy (non-hydrogen) atoms. The summed E-state index contributed by atoms with van der Waals surface area (Å²) in [5.74, 6) is 0.564. The predicted molar refractivity (Wildman–Crippen MR) is 139 cm³/mol. The van der Waals surface area contributed by atoms with Crippen LogP contribution >= 0.6 is 11.3 Å². The normalized spacial score (nSPS) is 15.0. The molecule has 2 aromatic carbocycles. The van der Waals surface area contributed by atoms with Gasteiger partial charge in [-0.05, 0) is 62.6 Å². The summed E-state index contributed by atoms with van der Waals surface area (Å²) in [7, 11) is 0. The quantitative estimate of drug-likeness (QED) is 0.373. The molecule has 2 N–H and O–H groups in total. The smallest absolute Gasteiger partial charge is 0.322 e. The second kappa shape index (κ2) is 10.6. The molecule has 0 spiro atoms. The fourth-order valence-corrected chi connectivity index (χ4v) is 5.21. The monoisotopic (exact) mass is 504 g/mol. The van der Waals surface area contributed by atoms with E-state index >= 15 is 0 Å². The number of H-pyrrole nitrogens is 1. The Bertz CT molecular complexity index is 1410. The fourth-order valence-electron chi connectivity index (χ4n) is 4.60. The number of para-hydroxylation sites is 1. The lowest BCUT2D eigenvalue weighted by Gasteiger charge is -2.38. The minimum atomic E-state index is -0.389. The van der Waals surface area contributed by atoms with Crippen molar-refractivity contribution >= 4 is 28.1 Å². The van der Waals surface area contributed by atoms with Gasteiger partial charge in [0, 0.05) is 47.4 Å². The molecule has 3 heterocycles. The van der Waals surface area contributed by atoms with Gasteiger partial charge in [-0.1, -0.05) is 29.5 Å². The zero-order valence-electron chi connectivity index (χ0n) is 20.1. The van der Waals surface area contributed by atoms with Crippen LogP contribution in [0.1, 0.15) is 45.9 Å². The minimum absolute atomic E-state index is 0.130. The molecule has 0 aliphatic carbocycles. The number of fused-ring (bicyclic) bond motifs is 1. The number of nitrogens with one attached hydrogen (secondary N) is 2. The Morgan fingerprint density at radius 3 is 2.69 bits per heavy atom. The van der Waals surface area contributed by atoms with E-state index in [1.54, 1.807) is 12.1 Å². The molecule has 1 fully saturated rings. The number of nitrogens with zero attached hydrogens (tertiary/aromatic N) is 2. The van der Waals surface area contributed by atoms with Crippen molar-refractivity contribution in [2.24, 2.45) is 0 Å². The SMILES string of the molecule is Cc1cc(COc2ccc(C(=O)NC3(CCc4n[nH]c(=O)s4)CCOCC3)cc2)c2ccccc2n1. The molecule has 8 nitrogen and oxygen atoms in total. The molecular formula is C27H28N4O4S. The van der Waals surface area contributed by atoms with E-state index in [9.17, 15) is 9.59 Å². The van der Waals surface area contributed by atoms with Crippen LogP contribution in [0.25, 0.3) is 10.9 Å². The molecule has 4 aromatic rings. The van der Waals surface area contributed by atoms with Gasteiger partial charge in [-0.25, -0.2) is 5.10 Å². The van der Waals surface area contributed by atoms with Crippen LogP contribution in [0.4, 0.5) is 0 Å². The van der Waals surface area contributed by atoms with Gasteiger partial charge in [-0.2, -0.15) is 5.10 Å². The topological polar surface area (TPSA) is 106 Å². The lowest BCUT2D eigenvalue weighted by Crippen LogP contribution is -2.52. The van der Waals surface area contributed by atoms with E-state index in [4.69, 9.17) is 9.47 Å². The molecule has 2 aromatic heterocycles. The molecule has 0 radical (unpaired) electrons. The van der Waals surface area contributed by atoms with Gasteiger partial charge in [0.1, 0.15) is 17.4 Å². The molecule has 0 unspecified atom stereocenters. The summed E-state index contributed by atoms with van der Waals surface area (Å²) >= 11 is 1.11. The van der Waals surface area contributed by atoms with Gasteiger partial charge in [0.05, 0.1) is 5.52 Å². The number of aryl methyl sites for hydroxylation is 2. The van der Waals surface area contributed by atoms with E-state index in [2.05, 4.69) is 20.5 Å². The van der Waals surface area contributed by atoms with Gasteiger partial charge < -0.3 is 14.8 Å². The molecule has 5 rings (SSSR count). The van der Waals surface area contributed by atoms with Crippen molar-refractivity contribution in [2.45, 2.75) is 44.8 Å². The maximum Gasteiger partial charge on any atom is 0.322 e. The average molecular weight is 505 g/mol. The number of carbonyl (C=O) groups is 1. The lowest BCUT2D eigenvalue weighted by atomic mass is 9.85. The van der Waals surface area contributed by atoms with Crippen molar-refractivity contribution in [1.82, 2.24) is 20.5 Å². The molecule has 0 atom stereocenters. The highest BCUT2D eigenvalue weighted by atomic mass is 32.1. The predicted octanol–water partition coefficient (Wildman–Crippen LogP) is 4.18. The zero-order chi connectivity index (χ0) is 25.0. The van der Waals surface area contributed by atoms with Crippen molar-refractivity contribution in [3.05, 3.63) is 86.1 Å². The van der Waals surface area contributed by atoms with E-state index in [1.807, 2.05) is 49.4 Å². The van der Waals surface area contributed by atoms with Gasteiger partial charge in [0.15, 0.2) is 0 Å². The van der Waals surface area contributed by atoms with Gasteiger partial charge in [0.2, 0.25) is 0 Å². The molecule has 0 saturated carbocycles. The third-order valence-electron chi connectivity index (χ3n) is 6.57. The number of amides is 1. The van der Waals surface area contributed by atoms with Crippen LogP contribution < -0.4 is 14.9 Å². The van der Waals surface area contributed by atoms with Gasteiger partial charge in [-0.15, -0.1) is 0 Å². The summed E-state index contributed by atoms with van der Waals surface area (Å²) in [6.45, 7) is 3.57. The van der Waals surface area contributed by atoms with Crippen LogP contribution in [-0.2, 0) is 17.8 Å². The minimum Gasteiger partial charge on any atom is -0.489 e. The molecule has 1 amide bonds. The number of benzene rings is 2. The van der Waals surface area contributed by atoms with Gasteiger partial charge >= 0.3 is 4.87 Å². The molecule has 1 saturated heterocycles. The second-order valence-electron chi connectivity index (χ2n) is 9.11. The highest BCUT2D eigenvalue weighted by molar-refractivity contribution is 7.08. The third-order valence-corrected chi connectivity index (χ3v) is 7.38. The molecule has 9 heteroatoms. The average Bonchev–Trinajstić information content (AvgIpc) is 3.32. The number of pyridine rings is 1. The van der Waals surface area contributed by atoms with Crippen LogP contribution in [0.15, 0.2) is 59.4 Å². The molecular weight excluding hydrogens is 476 g/mol.